The highest BCUT2D eigenvalue weighted by Crippen LogP contribution is 2.25. The van der Waals surface area contributed by atoms with E-state index in [0.29, 0.717) is 12.0 Å². The molecule has 1 aromatic carbocycles. The number of phenolic OH excluding ortho intramolecular Hbond substituents is 1. The maximum absolute atomic E-state index is 10.8. The van der Waals surface area contributed by atoms with Crippen LogP contribution in [0.3, 0.4) is 0 Å². The Hall–Kier alpha value is -2.43. The van der Waals surface area contributed by atoms with E-state index in [-0.39, 0.29) is 18.1 Å². The Kier molecular flexibility index (Phi) is 3.52. The highest BCUT2D eigenvalue weighted by atomic mass is 16.3. The van der Waals surface area contributed by atoms with E-state index in [9.17, 15) is 9.90 Å². The number of benzene rings is 1. The zero-order valence-electron chi connectivity index (χ0n) is 9.71. The number of amides is 1. The molecule has 2 rings (SSSR count). The highest BCUT2D eigenvalue weighted by molar-refractivity contribution is 5.74. The quantitative estimate of drug-likeness (QED) is 0.846. The number of nitrogens with zero attached hydrogens (tertiary/aromatic N) is 2. The van der Waals surface area contributed by atoms with Gasteiger partial charge >= 0.3 is 0 Å². The van der Waals surface area contributed by atoms with E-state index in [4.69, 9.17) is 5.73 Å². The molecule has 0 unspecified atom stereocenters. The van der Waals surface area contributed by atoms with Gasteiger partial charge in [-0.05, 0) is 42.3 Å². The first-order valence-corrected chi connectivity index (χ1v) is 5.55. The third kappa shape index (κ3) is 2.82. The molecule has 5 nitrogen and oxygen atoms in total. The SMILES string of the molecule is NC(=O)CCc1cc(-c2cccnn2)ccc1O. The number of aryl methyl sites for hydroxylation is 1. The van der Waals surface area contributed by atoms with Gasteiger partial charge in [0, 0.05) is 18.2 Å². The predicted octanol–water partition coefficient (Wildman–Crippen LogP) is 1.27. The number of phenols is 1. The van der Waals surface area contributed by atoms with Crippen molar-refractivity contribution in [2.45, 2.75) is 12.8 Å². The van der Waals surface area contributed by atoms with Gasteiger partial charge < -0.3 is 10.8 Å². The van der Waals surface area contributed by atoms with Crippen LogP contribution in [0.4, 0.5) is 0 Å². The van der Waals surface area contributed by atoms with Crippen molar-refractivity contribution in [2.24, 2.45) is 5.73 Å². The zero-order valence-corrected chi connectivity index (χ0v) is 9.71. The Morgan fingerprint density at radius 2 is 2.17 bits per heavy atom. The molecule has 1 aromatic heterocycles. The topological polar surface area (TPSA) is 89.1 Å². The molecular formula is C13H13N3O2. The summed E-state index contributed by atoms with van der Waals surface area (Å²) in [5, 5.41) is 17.5. The number of carbonyl (C=O) groups is 1. The number of aromatic nitrogens is 2. The van der Waals surface area contributed by atoms with Crippen molar-refractivity contribution in [3.8, 4) is 17.0 Å². The van der Waals surface area contributed by atoms with Crippen molar-refractivity contribution in [1.82, 2.24) is 10.2 Å². The van der Waals surface area contributed by atoms with E-state index >= 15 is 0 Å². The van der Waals surface area contributed by atoms with Crippen LogP contribution in [-0.2, 0) is 11.2 Å². The second-order valence-corrected chi connectivity index (χ2v) is 3.92. The third-order valence-electron chi connectivity index (χ3n) is 2.59. The second kappa shape index (κ2) is 5.27. The van der Waals surface area contributed by atoms with E-state index in [1.54, 1.807) is 30.5 Å². The number of primary amides is 1. The normalized spacial score (nSPS) is 10.2. The fourth-order valence-corrected chi connectivity index (χ4v) is 1.66. The van der Waals surface area contributed by atoms with Crippen LogP contribution in [0, 0.1) is 0 Å². The highest BCUT2D eigenvalue weighted by Gasteiger charge is 2.07. The molecule has 0 saturated heterocycles. The van der Waals surface area contributed by atoms with Gasteiger partial charge in [0.05, 0.1) is 5.69 Å². The largest absolute Gasteiger partial charge is 0.508 e. The van der Waals surface area contributed by atoms with Gasteiger partial charge in [0.1, 0.15) is 5.75 Å². The first kappa shape index (κ1) is 12.0. The standard InChI is InChI=1S/C13H13N3O2/c14-13(18)6-4-10-8-9(3-5-12(10)17)11-2-1-7-15-16-11/h1-3,5,7-8,17H,4,6H2,(H2,14,18). The van der Waals surface area contributed by atoms with E-state index in [1.165, 1.54) is 0 Å². The fraction of sp³-hybridized carbons (Fsp3) is 0.154. The molecule has 0 bridgehead atoms. The smallest absolute Gasteiger partial charge is 0.217 e. The molecule has 5 heteroatoms. The molecule has 0 spiro atoms. The van der Waals surface area contributed by atoms with Gasteiger partial charge in [-0.1, -0.05) is 0 Å². The van der Waals surface area contributed by atoms with Crippen molar-refractivity contribution >= 4 is 5.91 Å². The summed E-state index contributed by atoms with van der Waals surface area (Å²) in [6, 6.07) is 8.76. The molecule has 0 aliphatic carbocycles. The molecule has 3 N–H and O–H groups in total. The molecule has 1 amide bonds. The third-order valence-corrected chi connectivity index (χ3v) is 2.59. The zero-order chi connectivity index (χ0) is 13.0. The Bertz CT molecular complexity index is 555. The summed E-state index contributed by atoms with van der Waals surface area (Å²) in [4.78, 5) is 10.8. The van der Waals surface area contributed by atoms with Crippen molar-refractivity contribution in [3.05, 3.63) is 42.1 Å². The van der Waals surface area contributed by atoms with Crippen LogP contribution in [0.25, 0.3) is 11.3 Å². The van der Waals surface area contributed by atoms with Crippen LogP contribution in [0.1, 0.15) is 12.0 Å². The minimum Gasteiger partial charge on any atom is -0.508 e. The average molecular weight is 243 g/mol. The van der Waals surface area contributed by atoms with Gasteiger partial charge in [-0.2, -0.15) is 10.2 Å². The summed E-state index contributed by atoms with van der Waals surface area (Å²) in [5.74, 6) is -0.233. The minimum atomic E-state index is -0.390. The monoisotopic (exact) mass is 243 g/mol. The summed E-state index contributed by atoms with van der Waals surface area (Å²) in [7, 11) is 0. The predicted molar refractivity (Wildman–Crippen MR) is 66.6 cm³/mol. The number of nitrogens with two attached hydrogens (primary N) is 1. The van der Waals surface area contributed by atoms with E-state index in [0.717, 1.165) is 11.3 Å². The summed E-state index contributed by atoms with van der Waals surface area (Å²) < 4.78 is 0. The van der Waals surface area contributed by atoms with Crippen LogP contribution in [0.15, 0.2) is 36.5 Å². The van der Waals surface area contributed by atoms with Gasteiger partial charge in [0.2, 0.25) is 5.91 Å². The molecule has 0 atom stereocenters. The lowest BCUT2D eigenvalue weighted by Gasteiger charge is -2.06. The molecular weight excluding hydrogens is 230 g/mol. The number of rotatable bonds is 4. The molecule has 2 aromatic rings. The second-order valence-electron chi connectivity index (χ2n) is 3.92. The lowest BCUT2D eigenvalue weighted by molar-refractivity contribution is -0.117. The molecule has 0 radical (unpaired) electrons. The fourth-order valence-electron chi connectivity index (χ4n) is 1.66. The van der Waals surface area contributed by atoms with Crippen LogP contribution >= 0.6 is 0 Å². The molecule has 1 heterocycles. The molecule has 92 valence electrons. The molecule has 0 aliphatic heterocycles. The number of hydrogen-bond donors (Lipinski definition) is 2. The van der Waals surface area contributed by atoms with Crippen molar-refractivity contribution < 1.29 is 9.90 Å². The molecule has 0 saturated carbocycles. The first-order valence-electron chi connectivity index (χ1n) is 5.55. The summed E-state index contributed by atoms with van der Waals surface area (Å²) >= 11 is 0. The van der Waals surface area contributed by atoms with Crippen LogP contribution in [0.5, 0.6) is 5.75 Å². The maximum atomic E-state index is 10.8. The Morgan fingerprint density at radius 3 is 2.83 bits per heavy atom. The lowest BCUT2D eigenvalue weighted by atomic mass is 10.0. The van der Waals surface area contributed by atoms with Crippen LogP contribution in [0.2, 0.25) is 0 Å². The molecule has 18 heavy (non-hydrogen) atoms. The maximum Gasteiger partial charge on any atom is 0.217 e. The average Bonchev–Trinajstić information content (AvgIpc) is 2.38. The van der Waals surface area contributed by atoms with Crippen molar-refractivity contribution in [1.29, 1.82) is 0 Å². The lowest BCUT2D eigenvalue weighted by Crippen LogP contribution is -2.11. The van der Waals surface area contributed by atoms with E-state index in [2.05, 4.69) is 10.2 Å². The minimum absolute atomic E-state index is 0.156. The number of carbonyl (C=O) groups excluding carboxylic acids is 1. The van der Waals surface area contributed by atoms with Crippen LogP contribution < -0.4 is 5.73 Å². The first-order chi connectivity index (χ1) is 8.66. The summed E-state index contributed by atoms with van der Waals surface area (Å²) in [6.07, 6.45) is 2.21. The van der Waals surface area contributed by atoms with Gasteiger partial charge in [-0.25, -0.2) is 0 Å². The molecule has 0 aliphatic rings. The summed E-state index contributed by atoms with van der Waals surface area (Å²) in [5.41, 5.74) is 7.34. The van der Waals surface area contributed by atoms with Crippen molar-refractivity contribution in [2.75, 3.05) is 0 Å². The summed E-state index contributed by atoms with van der Waals surface area (Å²) in [6.45, 7) is 0. The van der Waals surface area contributed by atoms with Gasteiger partial charge in [-0.15, -0.1) is 0 Å². The van der Waals surface area contributed by atoms with Crippen molar-refractivity contribution in [3.63, 3.8) is 0 Å². The number of hydrogen-bond acceptors (Lipinski definition) is 4. The Balaban J connectivity index is 2.29. The van der Waals surface area contributed by atoms with Crippen LogP contribution in [-0.4, -0.2) is 21.2 Å². The number of aromatic hydroxyl groups is 1. The van der Waals surface area contributed by atoms with Gasteiger partial charge in [0.25, 0.3) is 0 Å². The van der Waals surface area contributed by atoms with E-state index < -0.39 is 0 Å². The molecule has 0 fully saturated rings. The Labute approximate surface area is 104 Å². The van der Waals surface area contributed by atoms with Gasteiger partial charge in [-0.3, -0.25) is 4.79 Å². The Morgan fingerprint density at radius 1 is 1.33 bits per heavy atom. The van der Waals surface area contributed by atoms with E-state index in [1.807, 2.05) is 6.07 Å². The van der Waals surface area contributed by atoms with Gasteiger partial charge in [0.15, 0.2) is 0 Å².